The van der Waals surface area contributed by atoms with Gasteiger partial charge in [-0.25, -0.2) is 0 Å². The summed E-state index contributed by atoms with van der Waals surface area (Å²) in [6, 6.07) is 9.38. The van der Waals surface area contributed by atoms with Crippen molar-refractivity contribution in [3.05, 3.63) is 47.5 Å². The van der Waals surface area contributed by atoms with Gasteiger partial charge in [0, 0.05) is 6.54 Å². The summed E-state index contributed by atoms with van der Waals surface area (Å²) < 4.78 is 40.8. The van der Waals surface area contributed by atoms with E-state index in [9.17, 15) is 13.2 Å². The maximum atomic E-state index is 13.6. The van der Waals surface area contributed by atoms with Gasteiger partial charge in [-0.05, 0) is 41.5 Å². The van der Waals surface area contributed by atoms with Gasteiger partial charge in [-0.3, -0.25) is 0 Å². The molecule has 0 heterocycles. The van der Waals surface area contributed by atoms with E-state index < -0.39 is 11.7 Å². The summed E-state index contributed by atoms with van der Waals surface area (Å²) in [6.45, 7) is 0.491. The molecule has 6 heteroatoms. The van der Waals surface area contributed by atoms with E-state index in [1.165, 1.54) is 6.07 Å². The summed E-state index contributed by atoms with van der Waals surface area (Å²) in [5.41, 5.74) is 6.18. The first-order valence-corrected chi connectivity index (χ1v) is 7.84. The largest absolute Gasteiger partial charge is 0.419 e. The molecule has 3 rings (SSSR count). The number of aliphatic hydroxyl groups excluding tert-OH is 1. The first-order chi connectivity index (χ1) is 11.4. The van der Waals surface area contributed by atoms with Crippen molar-refractivity contribution < 1.29 is 18.3 Å². The summed E-state index contributed by atoms with van der Waals surface area (Å²) in [5.74, 6) is 0.532. The molecule has 4 N–H and O–H groups in total. The van der Waals surface area contributed by atoms with E-state index in [1.807, 2.05) is 0 Å². The molecule has 0 aliphatic heterocycles. The van der Waals surface area contributed by atoms with Gasteiger partial charge in [0.1, 0.15) is 0 Å². The van der Waals surface area contributed by atoms with Crippen molar-refractivity contribution in [2.24, 2.45) is 5.92 Å². The maximum Gasteiger partial charge on any atom is 0.419 e. The summed E-state index contributed by atoms with van der Waals surface area (Å²) in [7, 11) is 0. The molecule has 0 atom stereocenters. The van der Waals surface area contributed by atoms with E-state index in [2.05, 4.69) is 5.32 Å². The fourth-order valence-electron chi connectivity index (χ4n) is 2.69. The zero-order valence-electron chi connectivity index (χ0n) is 13.0. The van der Waals surface area contributed by atoms with Crippen LogP contribution < -0.4 is 11.1 Å². The van der Waals surface area contributed by atoms with Crippen LogP contribution in [0.3, 0.4) is 0 Å². The van der Waals surface area contributed by atoms with Gasteiger partial charge in [-0.1, -0.05) is 30.3 Å². The third-order valence-corrected chi connectivity index (χ3v) is 4.25. The lowest BCUT2D eigenvalue weighted by Crippen LogP contribution is -2.14. The summed E-state index contributed by atoms with van der Waals surface area (Å²) >= 11 is 0. The second-order valence-electron chi connectivity index (χ2n) is 6.13. The molecule has 0 bridgehead atoms. The van der Waals surface area contributed by atoms with Crippen molar-refractivity contribution in [2.75, 3.05) is 17.6 Å². The lowest BCUT2D eigenvalue weighted by atomic mass is 9.96. The lowest BCUT2D eigenvalue weighted by Gasteiger charge is -2.19. The van der Waals surface area contributed by atoms with E-state index in [0.29, 0.717) is 29.3 Å². The molecule has 0 aromatic heterocycles. The molecule has 0 unspecified atom stereocenters. The van der Waals surface area contributed by atoms with Crippen LogP contribution in [-0.2, 0) is 12.8 Å². The van der Waals surface area contributed by atoms with Crippen LogP contribution in [-0.4, -0.2) is 11.7 Å². The number of halogens is 3. The summed E-state index contributed by atoms with van der Waals surface area (Å²) in [5, 5.41) is 12.1. The molecular weight excluding hydrogens is 317 g/mol. The minimum absolute atomic E-state index is 0.0430. The number of alkyl halides is 3. The number of hydrogen-bond donors (Lipinski definition) is 3. The average molecular weight is 336 g/mol. The molecule has 128 valence electrons. The molecule has 2 aromatic rings. The predicted octanol–water partition coefficient (Wildman–Crippen LogP) is 4.27. The molecule has 2 aromatic carbocycles. The number of benzene rings is 2. The molecular formula is C18H19F3N2O. The van der Waals surface area contributed by atoms with Crippen molar-refractivity contribution in [1.82, 2.24) is 0 Å². The van der Waals surface area contributed by atoms with Gasteiger partial charge >= 0.3 is 6.18 Å². The minimum Gasteiger partial charge on any atom is -0.397 e. The van der Waals surface area contributed by atoms with Gasteiger partial charge in [0.15, 0.2) is 0 Å². The van der Waals surface area contributed by atoms with Crippen molar-refractivity contribution in [1.29, 1.82) is 0 Å². The Morgan fingerprint density at radius 1 is 1.08 bits per heavy atom. The minimum atomic E-state index is -4.55. The van der Waals surface area contributed by atoms with Gasteiger partial charge in [-0.15, -0.1) is 0 Å². The van der Waals surface area contributed by atoms with Crippen LogP contribution in [0.5, 0.6) is 0 Å². The molecule has 24 heavy (non-hydrogen) atoms. The highest BCUT2D eigenvalue weighted by atomic mass is 19.4. The van der Waals surface area contributed by atoms with E-state index in [4.69, 9.17) is 10.8 Å². The van der Waals surface area contributed by atoms with Crippen LogP contribution in [0.4, 0.5) is 24.5 Å². The molecule has 3 nitrogen and oxygen atoms in total. The van der Waals surface area contributed by atoms with Crippen LogP contribution in [0.25, 0.3) is 11.1 Å². The highest BCUT2D eigenvalue weighted by Crippen LogP contribution is 2.44. The number of nitrogen functional groups attached to an aromatic ring is 1. The highest BCUT2D eigenvalue weighted by Gasteiger charge is 2.37. The first kappa shape index (κ1) is 16.6. The fraction of sp³-hybridized carbons (Fsp3) is 0.333. The van der Waals surface area contributed by atoms with E-state index in [0.717, 1.165) is 12.8 Å². The van der Waals surface area contributed by atoms with E-state index in [1.54, 1.807) is 30.3 Å². The molecule has 1 aliphatic rings. The van der Waals surface area contributed by atoms with Gasteiger partial charge in [0.2, 0.25) is 0 Å². The van der Waals surface area contributed by atoms with Crippen molar-refractivity contribution >= 4 is 11.4 Å². The summed E-state index contributed by atoms with van der Waals surface area (Å²) in [4.78, 5) is 0. The smallest absolute Gasteiger partial charge is 0.397 e. The zero-order chi connectivity index (χ0) is 17.3. The van der Waals surface area contributed by atoms with E-state index in [-0.39, 0.29) is 17.9 Å². The molecule has 1 aliphatic carbocycles. The Bertz CT molecular complexity index is 722. The second kappa shape index (κ2) is 6.36. The van der Waals surface area contributed by atoms with E-state index >= 15 is 0 Å². The van der Waals surface area contributed by atoms with Crippen LogP contribution in [0.15, 0.2) is 36.4 Å². The second-order valence-corrected chi connectivity index (χ2v) is 6.13. The molecule has 0 spiro atoms. The third kappa shape index (κ3) is 3.48. The molecule has 0 saturated heterocycles. The Balaban J connectivity index is 2.02. The van der Waals surface area contributed by atoms with Gasteiger partial charge in [0.05, 0.1) is 23.5 Å². The number of nitrogens with two attached hydrogens (primary N) is 1. The maximum absolute atomic E-state index is 13.6. The van der Waals surface area contributed by atoms with Crippen molar-refractivity contribution in [2.45, 2.75) is 25.6 Å². The summed E-state index contributed by atoms with van der Waals surface area (Å²) in [6.07, 6.45) is -2.34. The monoisotopic (exact) mass is 336 g/mol. The number of anilines is 2. The highest BCUT2D eigenvalue weighted by molar-refractivity contribution is 5.82. The van der Waals surface area contributed by atoms with Crippen LogP contribution in [0.2, 0.25) is 0 Å². The molecule has 0 amide bonds. The van der Waals surface area contributed by atoms with Crippen LogP contribution in [0.1, 0.15) is 24.0 Å². The standard InChI is InChI=1S/C18H19F3N2O/c19-18(20,21)16-14(13-5-3-12(10-24)4-6-13)7-8-15(17(16)22)23-9-11-1-2-11/h3-8,11,23-24H,1-2,9-10,22H2. The Kier molecular flexibility index (Phi) is 4.41. The normalized spacial score (nSPS) is 14.7. The SMILES string of the molecule is Nc1c(NCC2CC2)ccc(-c2ccc(CO)cc2)c1C(F)(F)F. The number of nitrogens with one attached hydrogen (secondary N) is 1. The van der Waals surface area contributed by atoms with Gasteiger partial charge < -0.3 is 16.2 Å². The Hall–Kier alpha value is -2.21. The number of rotatable bonds is 5. The fourth-order valence-corrected chi connectivity index (χ4v) is 2.69. The molecule has 0 radical (unpaired) electrons. The predicted molar refractivity (Wildman–Crippen MR) is 88.4 cm³/mol. The Morgan fingerprint density at radius 2 is 1.75 bits per heavy atom. The number of aliphatic hydroxyl groups is 1. The molecule has 1 saturated carbocycles. The van der Waals surface area contributed by atoms with Crippen molar-refractivity contribution in [3.63, 3.8) is 0 Å². The molecule has 1 fully saturated rings. The van der Waals surface area contributed by atoms with Crippen LogP contribution in [0, 0.1) is 5.92 Å². The quantitative estimate of drug-likeness (QED) is 0.715. The van der Waals surface area contributed by atoms with Gasteiger partial charge in [-0.2, -0.15) is 13.2 Å². The first-order valence-electron chi connectivity index (χ1n) is 7.84. The number of hydrogen-bond acceptors (Lipinski definition) is 3. The third-order valence-electron chi connectivity index (χ3n) is 4.25. The zero-order valence-corrected chi connectivity index (χ0v) is 13.0. The Labute approximate surface area is 138 Å². The Morgan fingerprint density at radius 3 is 2.29 bits per heavy atom. The average Bonchev–Trinajstić information content (AvgIpc) is 3.36. The van der Waals surface area contributed by atoms with Crippen molar-refractivity contribution in [3.8, 4) is 11.1 Å². The van der Waals surface area contributed by atoms with Gasteiger partial charge in [0.25, 0.3) is 0 Å². The topological polar surface area (TPSA) is 58.3 Å². The van der Waals surface area contributed by atoms with Crippen LogP contribution >= 0.6 is 0 Å². The lowest BCUT2D eigenvalue weighted by molar-refractivity contribution is -0.136.